The van der Waals surface area contributed by atoms with Gasteiger partial charge in [-0.15, -0.1) is 0 Å². The Kier molecular flexibility index (Phi) is 3.34. The zero-order chi connectivity index (χ0) is 11.4. The van der Waals surface area contributed by atoms with Crippen molar-refractivity contribution in [3.63, 3.8) is 0 Å². The second-order valence-corrected chi connectivity index (χ2v) is 2.87. The van der Waals surface area contributed by atoms with Crippen molar-refractivity contribution in [3.05, 3.63) is 22.0 Å². The Balaban J connectivity index is 2.71. The number of carbonyl (C=O) groups is 1. The Hall–Kier alpha value is -1.96. The molecule has 0 aliphatic carbocycles. The van der Waals surface area contributed by atoms with Gasteiger partial charge in [0, 0.05) is 6.42 Å². The SMILES string of the molecule is CNC(Cc1cnc([N+](=O)[O-])[nH]1)C(=O)O. The van der Waals surface area contributed by atoms with Crippen LogP contribution in [0.2, 0.25) is 0 Å². The molecule has 15 heavy (non-hydrogen) atoms. The summed E-state index contributed by atoms with van der Waals surface area (Å²) in [4.78, 5) is 26.2. The monoisotopic (exact) mass is 214 g/mol. The fraction of sp³-hybridized carbons (Fsp3) is 0.429. The Morgan fingerprint density at radius 2 is 2.53 bits per heavy atom. The third kappa shape index (κ3) is 2.74. The van der Waals surface area contributed by atoms with E-state index in [4.69, 9.17) is 5.11 Å². The van der Waals surface area contributed by atoms with Gasteiger partial charge in [0.1, 0.15) is 17.9 Å². The average Bonchev–Trinajstić information content (AvgIpc) is 2.61. The summed E-state index contributed by atoms with van der Waals surface area (Å²) in [5.41, 5.74) is 0.406. The van der Waals surface area contributed by atoms with Gasteiger partial charge in [0.25, 0.3) is 0 Å². The number of H-pyrrole nitrogens is 1. The molecular formula is C7H10N4O4. The minimum atomic E-state index is -1.02. The number of nitrogens with zero attached hydrogens (tertiary/aromatic N) is 2. The molecule has 0 spiro atoms. The van der Waals surface area contributed by atoms with E-state index < -0.39 is 16.9 Å². The second kappa shape index (κ2) is 4.51. The van der Waals surface area contributed by atoms with E-state index >= 15 is 0 Å². The van der Waals surface area contributed by atoms with Crippen LogP contribution in [0.4, 0.5) is 5.95 Å². The summed E-state index contributed by atoms with van der Waals surface area (Å²) in [6.45, 7) is 0. The molecule has 1 heterocycles. The van der Waals surface area contributed by atoms with Crippen LogP contribution in [0.1, 0.15) is 5.69 Å². The summed E-state index contributed by atoms with van der Waals surface area (Å²) < 4.78 is 0. The molecule has 8 nitrogen and oxygen atoms in total. The lowest BCUT2D eigenvalue weighted by atomic mass is 10.2. The van der Waals surface area contributed by atoms with Gasteiger partial charge in [-0.2, -0.15) is 0 Å². The number of carboxylic acid groups (broad SMARTS) is 1. The smallest absolute Gasteiger partial charge is 0.432 e. The van der Waals surface area contributed by atoms with Crippen molar-refractivity contribution in [2.45, 2.75) is 12.5 Å². The fourth-order valence-corrected chi connectivity index (χ4v) is 1.08. The molecule has 0 saturated heterocycles. The zero-order valence-electron chi connectivity index (χ0n) is 7.93. The van der Waals surface area contributed by atoms with E-state index in [1.54, 1.807) is 0 Å². The second-order valence-electron chi connectivity index (χ2n) is 2.87. The zero-order valence-corrected chi connectivity index (χ0v) is 7.93. The van der Waals surface area contributed by atoms with E-state index in [-0.39, 0.29) is 12.4 Å². The van der Waals surface area contributed by atoms with Crippen molar-refractivity contribution >= 4 is 11.9 Å². The first-order chi connectivity index (χ1) is 7.04. The van der Waals surface area contributed by atoms with Crippen LogP contribution in [0.5, 0.6) is 0 Å². The first kappa shape index (κ1) is 11.1. The number of likely N-dealkylation sites (N-methyl/N-ethyl adjacent to an activating group) is 1. The van der Waals surface area contributed by atoms with E-state index in [1.165, 1.54) is 13.2 Å². The number of aromatic amines is 1. The van der Waals surface area contributed by atoms with E-state index in [9.17, 15) is 14.9 Å². The molecule has 1 unspecified atom stereocenters. The Morgan fingerprint density at radius 3 is 2.93 bits per heavy atom. The number of rotatable bonds is 5. The van der Waals surface area contributed by atoms with Crippen molar-refractivity contribution in [2.24, 2.45) is 0 Å². The summed E-state index contributed by atoms with van der Waals surface area (Å²) >= 11 is 0. The Morgan fingerprint density at radius 1 is 1.87 bits per heavy atom. The lowest BCUT2D eigenvalue weighted by Gasteiger charge is -2.07. The number of nitrogens with one attached hydrogen (secondary N) is 2. The number of carboxylic acids is 1. The number of imidazole rings is 1. The van der Waals surface area contributed by atoms with E-state index in [0.717, 1.165) is 0 Å². The molecule has 0 aromatic carbocycles. The van der Waals surface area contributed by atoms with Crippen molar-refractivity contribution in [2.75, 3.05) is 7.05 Å². The van der Waals surface area contributed by atoms with Crippen LogP contribution >= 0.6 is 0 Å². The summed E-state index contributed by atoms with van der Waals surface area (Å²) in [6, 6.07) is -0.787. The highest BCUT2D eigenvalue weighted by Crippen LogP contribution is 2.07. The Bertz CT molecular complexity index is 375. The van der Waals surface area contributed by atoms with Crippen LogP contribution < -0.4 is 5.32 Å². The van der Waals surface area contributed by atoms with E-state index in [1.807, 2.05) is 0 Å². The predicted molar refractivity (Wildman–Crippen MR) is 49.4 cm³/mol. The molecule has 3 N–H and O–H groups in total. The van der Waals surface area contributed by atoms with Crippen molar-refractivity contribution in [1.82, 2.24) is 15.3 Å². The van der Waals surface area contributed by atoms with Crippen LogP contribution in [-0.4, -0.2) is 39.1 Å². The van der Waals surface area contributed by atoms with Gasteiger partial charge >= 0.3 is 11.9 Å². The van der Waals surface area contributed by atoms with Gasteiger partial charge in [0.15, 0.2) is 0 Å². The normalized spacial score (nSPS) is 12.3. The van der Waals surface area contributed by atoms with Gasteiger partial charge in [-0.1, -0.05) is 4.98 Å². The maximum Gasteiger partial charge on any atom is 0.432 e. The molecular weight excluding hydrogens is 204 g/mol. The number of aliphatic carboxylic acids is 1. The van der Waals surface area contributed by atoms with Gasteiger partial charge in [-0.25, -0.2) is 4.98 Å². The van der Waals surface area contributed by atoms with Gasteiger partial charge < -0.3 is 20.5 Å². The standard InChI is InChI=1S/C7H10N4O4/c1-8-5(6(12)13)2-4-3-9-7(10-4)11(14)15/h3,5,8H,2H2,1H3,(H,9,10)(H,12,13). The molecule has 0 radical (unpaired) electrons. The van der Waals surface area contributed by atoms with Gasteiger partial charge in [-0.05, 0) is 12.0 Å². The Labute approximate surface area is 84.5 Å². The summed E-state index contributed by atoms with van der Waals surface area (Å²) in [7, 11) is 1.50. The van der Waals surface area contributed by atoms with Crippen molar-refractivity contribution < 1.29 is 14.8 Å². The van der Waals surface area contributed by atoms with Gasteiger partial charge in [0.2, 0.25) is 0 Å². The van der Waals surface area contributed by atoms with Gasteiger partial charge in [-0.3, -0.25) is 4.79 Å². The minimum absolute atomic E-state index is 0.118. The third-order valence-electron chi connectivity index (χ3n) is 1.86. The van der Waals surface area contributed by atoms with Crippen LogP contribution in [0.15, 0.2) is 6.20 Å². The highest BCUT2D eigenvalue weighted by molar-refractivity contribution is 5.73. The molecule has 0 amide bonds. The lowest BCUT2D eigenvalue weighted by molar-refractivity contribution is -0.393. The molecule has 0 bridgehead atoms. The van der Waals surface area contributed by atoms with E-state index in [0.29, 0.717) is 5.69 Å². The molecule has 1 rings (SSSR count). The quantitative estimate of drug-likeness (QED) is 0.450. The van der Waals surface area contributed by atoms with Crippen LogP contribution in [0.3, 0.4) is 0 Å². The van der Waals surface area contributed by atoms with Crippen LogP contribution in [-0.2, 0) is 11.2 Å². The topological polar surface area (TPSA) is 121 Å². The first-order valence-electron chi connectivity index (χ1n) is 4.13. The number of hydrogen-bond acceptors (Lipinski definition) is 5. The summed E-state index contributed by atoms with van der Waals surface area (Å²) in [5.74, 6) is -1.40. The van der Waals surface area contributed by atoms with Crippen molar-refractivity contribution in [1.29, 1.82) is 0 Å². The largest absolute Gasteiger partial charge is 0.480 e. The maximum atomic E-state index is 10.6. The number of aromatic nitrogens is 2. The molecule has 0 fully saturated rings. The maximum absolute atomic E-state index is 10.6. The molecule has 8 heteroatoms. The molecule has 0 aliphatic rings. The highest BCUT2D eigenvalue weighted by atomic mass is 16.6. The molecule has 0 saturated carbocycles. The van der Waals surface area contributed by atoms with Crippen LogP contribution in [0.25, 0.3) is 0 Å². The molecule has 1 aromatic heterocycles. The predicted octanol–water partition coefficient (Wildman–Crippen LogP) is -0.467. The first-order valence-corrected chi connectivity index (χ1v) is 4.13. The van der Waals surface area contributed by atoms with Crippen molar-refractivity contribution in [3.8, 4) is 0 Å². The molecule has 1 atom stereocenters. The molecule has 82 valence electrons. The lowest BCUT2D eigenvalue weighted by Crippen LogP contribution is -2.35. The number of hydrogen-bond donors (Lipinski definition) is 3. The summed E-state index contributed by atoms with van der Waals surface area (Å²) in [6.07, 6.45) is 1.37. The molecule has 0 aliphatic heterocycles. The van der Waals surface area contributed by atoms with Gasteiger partial charge in [0.05, 0.1) is 0 Å². The average molecular weight is 214 g/mol. The number of nitro groups is 1. The fourth-order valence-electron chi connectivity index (χ4n) is 1.08. The minimum Gasteiger partial charge on any atom is -0.480 e. The van der Waals surface area contributed by atoms with Crippen LogP contribution in [0, 0.1) is 10.1 Å². The summed E-state index contributed by atoms with van der Waals surface area (Å²) in [5, 5.41) is 21.6. The third-order valence-corrected chi connectivity index (χ3v) is 1.86. The molecule has 1 aromatic rings. The highest BCUT2D eigenvalue weighted by Gasteiger charge is 2.19. The van der Waals surface area contributed by atoms with E-state index in [2.05, 4.69) is 15.3 Å².